The van der Waals surface area contributed by atoms with Crippen LogP contribution >= 0.6 is 0 Å². The second kappa shape index (κ2) is 4.47. The maximum Gasteiger partial charge on any atom is 0.408 e. The molecule has 2 N–H and O–H groups in total. The van der Waals surface area contributed by atoms with Crippen LogP contribution in [0.25, 0.3) is 0 Å². The van der Waals surface area contributed by atoms with E-state index in [1.807, 2.05) is 32.9 Å². The third-order valence-electron chi connectivity index (χ3n) is 4.80. The van der Waals surface area contributed by atoms with Gasteiger partial charge in [-0.05, 0) is 51.2 Å². The van der Waals surface area contributed by atoms with Crippen LogP contribution in [0.1, 0.15) is 51.2 Å². The van der Waals surface area contributed by atoms with Gasteiger partial charge in [0.05, 0.1) is 12.1 Å². The minimum Gasteiger partial charge on any atom is -0.444 e. The van der Waals surface area contributed by atoms with Crippen LogP contribution in [0, 0.1) is 0 Å². The zero-order valence-electron chi connectivity index (χ0n) is 12.9. The largest absolute Gasteiger partial charge is 0.444 e. The van der Waals surface area contributed by atoms with Gasteiger partial charge in [0.2, 0.25) is 0 Å². The average molecular weight is 289 g/mol. The lowest BCUT2D eigenvalue weighted by Gasteiger charge is -2.37. The lowest BCUT2D eigenvalue weighted by atomic mass is 9.74. The number of ether oxygens (including phenoxy) is 1. The minimum atomic E-state index is -0.467. The molecule has 2 saturated carbocycles. The number of carbonyl (C=O) groups excluding carboxylic acids is 1. The second-order valence-electron chi connectivity index (χ2n) is 7.32. The number of carbonyl (C=O) groups is 1. The molecular weight excluding hydrogens is 266 g/mol. The van der Waals surface area contributed by atoms with E-state index in [2.05, 4.69) is 17.4 Å². The maximum absolute atomic E-state index is 12.0. The Morgan fingerprint density at radius 3 is 2.43 bits per heavy atom. The number of alkyl carbamates (subject to hydrolysis) is 1. The molecule has 4 nitrogen and oxygen atoms in total. The fourth-order valence-electron chi connectivity index (χ4n) is 3.55. The summed E-state index contributed by atoms with van der Waals surface area (Å²) in [7, 11) is 0. The normalized spacial score (nSPS) is 30.1. The molecule has 0 spiro atoms. The summed E-state index contributed by atoms with van der Waals surface area (Å²) in [5.74, 6) is 0. The summed E-state index contributed by atoms with van der Waals surface area (Å²) in [6, 6.07) is 8.06. The molecule has 2 atom stereocenters. The van der Waals surface area contributed by atoms with Crippen LogP contribution in [-0.2, 0) is 16.8 Å². The average Bonchev–Trinajstić information content (AvgIpc) is 2.85. The van der Waals surface area contributed by atoms with E-state index in [0.29, 0.717) is 0 Å². The van der Waals surface area contributed by atoms with E-state index in [4.69, 9.17) is 9.84 Å². The summed E-state index contributed by atoms with van der Waals surface area (Å²) in [6.07, 6.45) is 2.77. The topological polar surface area (TPSA) is 58.6 Å². The van der Waals surface area contributed by atoms with Gasteiger partial charge in [-0.15, -0.1) is 0 Å². The molecule has 3 rings (SSSR count). The van der Waals surface area contributed by atoms with Gasteiger partial charge in [0.1, 0.15) is 5.60 Å². The van der Waals surface area contributed by atoms with Crippen LogP contribution in [-0.4, -0.2) is 22.3 Å². The first-order chi connectivity index (χ1) is 9.80. The molecule has 0 saturated heterocycles. The SMILES string of the molecule is CC(C)(C)OC(=O)NC12CCC1(c1ccc(CO)cc1)C2. The number of fused-ring (bicyclic) bond motifs is 1. The van der Waals surface area contributed by atoms with E-state index in [1.54, 1.807) is 0 Å². The Bertz CT molecular complexity index is 560. The van der Waals surface area contributed by atoms with Crippen molar-refractivity contribution in [1.82, 2.24) is 5.32 Å². The van der Waals surface area contributed by atoms with Crippen molar-refractivity contribution in [2.45, 2.75) is 63.2 Å². The van der Waals surface area contributed by atoms with Gasteiger partial charge in [-0.25, -0.2) is 4.79 Å². The van der Waals surface area contributed by atoms with Crippen LogP contribution in [0.5, 0.6) is 0 Å². The lowest BCUT2D eigenvalue weighted by molar-refractivity contribution is 0.0459. The summed E-state index contributed by atoms with van der Waals surface area (Å²) < 4.78 is 5.37. The van der Waals surface area contributed by atoms with E-state index in [1.165, 1.54) is 5.56 Å². The molecule has 0 aliphatic heterocycles. The molecule has 4 heteroatoms. The summed E-state index contributed by atoms with van der Waals surface area (Å²) >= 11 is 0. The van der Waals surface area contributed by atoms with Gasteiger partial charge in [-0.1, -0.05) is 24.3 Å². The highest BCUT2D eigenvalue weighted by Crippen LogP contribution is 2.71. The van der Waals surface area contributed by atoms with Crippen molar-refractivity contribution < 1.29 is 14.6 Å². The van der Waals surface area contributed by atoms with Crippen LogP contribution in [0.3, 0.4) is 0 Å². The molecule has 2 aliphatic carbocycles. The Hall–Kier alpha value is -1.55. The van der Waals surface area contributed by atoms with Gasteiger partial charge in [0.15, 0.2) is 0 Å². The number of hydrogen-bond acceptors (Lipinski definition) is 3. The maximum atomic E-state index is 12.0. The van der Waals surface area contributed by atoms with Gasteiger partial charge in [0.25, 0.3) is 0 Å². The molecule has 2 unspecified atom stereocenters. The van der Waals surface area contributed by atoms with Crippen molar-refractivity contribution >= 4 is 6.09 Å². The van der Waals surface area contributed by atoms with Gasteiger partial charge in [-0.3, -0.25) is 0 Å². The molecule has 0 radical (unpaired) electrons. The van der Waals surface area contributed by atoms with E-state index >= 15 is 0 Å². The van der Waals surface area contributed by atoms with Gasteiger partial charge in [-0.2, -0.15) is 0 Å². The van der Waals surface area contributed by atoms with E-state index in [9.17, 15) is 4.79 Å². The van der Waals surface area contributed by atoms with Crippen LogP contribution in [0.15, 0.2) is 24.3 Å². The summed E-state index contributed by atoms with van der Waals surface area (Å²) in [4.78, 5) is 12.0. The molecule has 114 valence electrons. The first kappa shape index (κ1) is 14.4. The Labute approximate surface area is 125 Å². The third-order valence-corrected chi connectivity index (χ3v) is 4.80. The molecule has 21 heavy (non-hydrogen) atoms. The highest BCUT2D eigenvalue weighted by molar-refractivity contribution is 5.72. The molecule has 1 aromatic rings. The van der Waals surface area contributed by atoms with Gasteiger partial charge < -0.3 is 15.2 Å². The highest BCUT2D eigenvalue weighted by Gasteiger charge is 2.75. The molecular formula is C17H23NO3. The van der Waals surface area contributed by atoms with E-state index in [0.717, 1.165) is 24.8 Å². The summed E-state index contributed by atoms with van der Waals surface area (Å²) in [5, 5.41) is 12.2. The van der Waals surface area contributed by atoms with Crippen molar-refractivity contribution in [1.29, 1.82) is 0 Å². The van der Waals surface area contributed by atoms with Crippen molar-refractivity contribution in [2.75, 3.05) is 0 Å². The fraction of sp³-hybridized carbons (Fsp3) is 0.588. The van der Waals surface area contributed by atoms with Crippen LogP contribution in [0.4, 0.5) is 4.79 Å². The molecule has 1 aromatic carbocycles. The molecule has 2 aliphatic rings. The van der Waals surface area contributed by atoms with Crippen LogP contribution in [0.2, 0.25) is 0 Å². The smallest absolute Gasteiger partial charge is 0.408 e. The highest BCUT2D eigenvalue weighted by atomic mass is 16.6. The zero-order chi connectivity index (χ0) is 15.3. The number of nitrogens with one attached hydrogen (secondary N) is 1. The number of rotatable bonds is 3. The number of hydrogen-bond donors (Lipinski definition) is 2. The molecule has 1 amide bonds. The number of benzene rings is 1. The summed E-state index contributed by atoms with van der Waals surface area (Å²) in [6.45, 7) is 5.69. The van der Waals surface area contributed by atoms with Crippen LogP contribution < -0.4 is 5.32 Å². The first-order valence-electron chi connectivity index (χ1n) is 7.52. The summed E-state index contributed by atoms with van der Waals surface area (Å²) in [5.41, 5.74) is 1.67. The monoisotopic (exact) mass is 289 g/mol. The van der Waals surface area contributed by atoms with Crippen molar-refractivity contribution in [2.24, 2.45) is 0 Å². The minimum absolute atomic E-state index is 0.0641. The lowest BCUT2D eigenvalue weighted by Crippen LogP contribution is -2.50. The molecule has 2 fully saturated rings. The standard InChI is InChI=1S/C17H23NO3/c1-15(2,3)21-14(20)18-17-9-8-16(17,11-17)13-6-4-12(10-19)5-7-13/h4-7,19H,8-11H2,1-3H3,(H,18,20). The van der Waals surface area contributed by atoms with Crippen molar-refractivity contribution in [3.63, 3.8) is 0 Å². The van der Waals surface area contributed by atoms with E-state index in [-0.39, 0.29) is 23.7 Å². The zero-order valence-corrected chi connectivity index (χ0v) is 12.9. The Morgan fingerprint density at radius 1 is 1.29 bits per heavy atom. The number of aliphatic hydroxyl groups excluding tert-OH is 1. The molecule has 0 heterocycles. The van der Waals surface area contributed by atoms with Gasteiger partial charge >= 0.3 is 6.09 Å². The quantitative estimate of drug-likeness (QED) is 0.899. The molecule has 0 bridgehead atoms. The predicted molar refractivity (Wildman–Crippen MR) is 80.0 cm³/mol. The Balaban J connectivity index is 1.70. The second-order valence-corrected chi connectivity index (χ2v) is 7.32. The third kappa shape index (κ3) is 2.31. The number of aliphatic hydroxyl groups is 1. The number of amides is 1. The van der Waals surface area contributed by atoms with Crippen molar-refractivity contribution in [3.05, 3.63) is 35.4 Å². The predicted octanol–water partition coefficient (Wildman–Crippen LogP) is 2.88. The van der Waals surface area contributed by atoms with Gasteiger partial charge in [0, 0.05) is 5.41 Å². The Morgan fingerprint density at radius 2 is 1.95 bits per heavy atom. The first-order valence-corrected chi connectivity index (χ1v) is 7.52. The molecule has 0 aromatic heterocycles. The van der Waals surface area contributed by atoms with Crippen molar-refractivity contribution in [3.8, 4) is 0 Å². The Kier molecular flexibility index (Phi) is 3.06. The fourth-order valence-corrected chi connectivity index (χ4v) is 3.55. The van der Waals surface area contributed by atoms with E-state index < -0.39 is 5.60 Å².